The van der Waals surface area contributed by atoms with Gasteiger partial charge in [-0.25, -0.2) is 0 Å². The fraction of sp³-hybridized carbons (Fsp3) is 0.550. The molecule has 0 spiro atoms. The molecule has 130 valence electrons. The third-order valence-electron chi connectivity index (χ3n) is 5.44. The third kappa shape index (κ3) is 3.70. The second-order valence-electron chi connectivity index (χ2n) is 6.80. The molecular formula is C20H28N2O2. The van der Waals surface area contributed by atoms with E-state index < -0.39 is 6.10 Å². The van der Waals surface area contributed by atoms with E-state index in [1.54, 1.807) is 13.3 Å². The normalized spacial score (nSPS) is 22.5. The number of aliphatic hydroxyl groups is 1. The van der Waals surface area contributed by atoms with Crippen molar-refractivity contribution in [3.05, 3.63) is 36.0 Å². The zero-order valence-electron chi connectivity index (χ0n) is 14.7. The lowest BCUT2D eigenvalue weighted by molar-refractivity contribution is 0.139. The molecule has 0 radical (unpaired) electrons. The molecule has 3 atom stereocenters. The number of pyridine rings is 1. The van der Waals surface area contributed by atoms with Crippen LogP contribution in [-0.2, 0) is 0 Å². The number of aliphatic hydroxyl groups excluding tert-OH is 1. The lowest BCUT2D eigenvalue weighted by atomic mass is 9.80. The molecule has 4 nitrogen and oxygen atoms in total. The molecular weight excluding hydrogens is 300 g/mol. The maximum Gasteiger partial charge on any atom is 0.119 e. The summed E-state index contributed by atoms with van der Waals surface area (Å²) < 4.78 is 5.32. The second-order valence-corrected chi connectivity index (χ2v) is 6.80. The number of aromatic nitrogens is 1. The molecule has 1 fully saturated rings. The van der Waals surface area contributed by atoms with Crippen LogP contribution in [0.25, 0.3) is 10.9 Å². The summed E-state index contributed by atoms with van der Waals surface area (Å²) in [5.41, 5.74) is 1.86. The van der Waals surface area contributed by atoms with Gasteiger partial charge in [-0.05, 0) is 74.0 Å². The highest BCUT2D eigenvalue weighted by molar-refractivity contribution is 5.83. The Hall–Kier alpha value is -1.65. The van der Waals surface area contributed by atoms with Gasteiger partial charge in [-0.15, -0.1) is 0 Å². The van der Waals surface area contributed by atoms with Crippen molar-refractivity contribution in [2.45, 2.75) is 38.7 Å². The van der Waals surface area contributed by atoms with Crippen molar-refractivity contribution >= 4 is 10.9 Å². The number of nitrogens with zero attached hydrogens (tertiary/aromatic N) is 1. The van der Waals surface area contributed by atoms with Crippen molar-refractivity contribution in [3.63, 3.8) is 0 Å². The number of nitrogens with one attached hydrogen (secondary N) is 1. The first kappa shape index (κ1) is 17.2. The van der Waals surface area contributed by atoms with E-state index in [4.69, 9.17) is 4.74 Å². The fourth-order valence-corrected chi connectivity index (χ4v) is 3.93. The largest absolute Gasteiger partial charge is 0.497 e. The molecule has 1 saturated heterocycles. The van der Waals surface area contributed by atoms with Gasteiger partial charge in [-0.3, -0.25) is 4.98 Å². The Morgan fingerprint density at radius 3 is 3.00 bits per heavy atom. The van der Waals surface area contributed by atoms with Gasteiger partial charge in [0.25, 0.3) is 0 Å². The van der Waals surface area contributed by atoms with Crippen LogP contribution >= 0.6 is 0 Å². The number of ether oxygens (including phenoxy) is 1. The molecule has 0 bridgehead atoms. The van der Waals surface area contributed by atoms with Crippen LogP contribution in [0.5, 0.6) is 5.75 Å². The summed E-state index contributed by atoms with van der Waals surface area (Å²) in [6.07, 6.45) is 5.65. The van der Waals surface area contributed by atoms with Gasteiger partial charge in [0.2, 0.25) is 0 Å². The average Bonchev–Trinajstić information content (AvgIpc) is 2.65. The van der Waals surface area contributed by atoms with Gasteiger partial charge in [-0.1, -0.05) is 13.3 Å². The van der Waals surface area contributed by atoms with E-state index in [-0.39, 0.29) is 0 Å². The molecule has 24 heavy (non-hydrogen) atoms. The lowest BCUT2D eigenvalue weighted by Crippen LogP contribution is -2.36. The van der Waals surface area contributed by atoms with Crippen molar-refractivity contribution in [1.29, 1.82) is 0 Å². The van der Waals surface area contributed by atoms with Crippen molar-refractivity contribution in [2.24, 2.45) is 11.8 Å². The Bertz CT molecular complexity index is 674. The minimum Gasteiger partial charge on any atom is -0.497 e. The SMILES string of the molecule is CC[C@@H]1CNCC[C@H]1CC[C@H](O)c1ccnc2ccc(OC)cc12. The maximum absolute atomic E-state index is 10.8. The Labute approximate surface area is 144 Å². The van der Waals surface area contributed by atoms with Crippen LogP contribution < -0.4 is 10.1 Å². The molecule has 1 aromatic heterocycles. The van der Waals surface area contributed by atoms with Crippen LogP contribution in [0.2, 0.25) is 0 Å². The van der Waals surface area contributed by atoms with E-state index in [0.717, 1.165) is 54.1 Å². The molecule has 2 aromatic rings. The van der Waals surface area contributed by atoms with Gasteiger partial charge in [-0.2, -0.15) is 0 Å². The summed E-state index contributed by atoms with van der Waals surface area (Å²) in [5.74, 6) is 2.25. The molecule has 1 aliphatic rings. The predicted molar refractivity (Wildman–Crippen MR) is 97.2 cm³/mol. The van der Waals surface area contributed by atoms with Crippen LogP contribution in [0.3, 0.4) is 0 Å². The Balaban J connectivity index is 1.74. The van der Waals surface area contributed by atoms with Gasteiger partial charge in [0.1, 0.15) is 5.75 Å². The van der Waals surface area contributed by atoms with Crippen LogP contribution in [0.4, 0.5) is 0 Å². The van der Waals surface area contributed by atoms with Crippen LogP contribution in [0, 0.1) is 11.8 Å². The Morgan fingerprint density at radius 1 is 1.33 bits per heavy atom. The highest BCUT2D eigenvalue weighted by atomic mass is 16.5. The molecule has 0 amide bonds. The minimum atomic E-state index is -0.449. The summed E-state index contributed by atoms with van der Waals surface area (Å²) in [4.78, 5) is 4.40. The molecule has 0 aliphatic carbocycles. The fourth-order valence-electron chi connectivity index (χ4n) is 3.93. The first-order chi connectivity index (χ1) is 11.7. The summed E-state index contributed by atoms with van der Waals surface area (Å²) in [6.45, 7) is 4.49. The van der Waals surface area contributed by atoms with Crippen molar-refractivity contribution in [3.8, 4) is 5.75 Å². The number of methoxy groups -OCH3 is 1. The smallest absolute Gasteiger partial charge is 0.119 e. The first-order valence-corrected chi connectivity index (χ1v) is 9.04. The molecule has 0 saturated carbocycles. The van der Waals surface area contributed by atoms with E-state index in [2.05, 4.69) is 17.2 Å². The topological polar surface area (TPSA) is 54.4 Å². The van der Waals surface area contributed by atoms with E-state index in [0.29, 0.717) is 5.92 Å². The molecule has 2 heterocycles. The predicted octanol–water partition coefficient (Wildman–Crippen LogP) is 3.69. The standard InChI is InChI=1S/C20H28N2O2/c1-3-14-13-21-10-8-15(14)4-7-20(23)17-9-11-22-19-6-5-16(24-2)12-18(17)19/h5-6,9,11-12,14-15,20-21,23H,3-4,7-8,10,13H2,1-2H3/t14-,15-,20+/m1/s1. The Morgan fingerprint density at radius 2 is 2.21 bits per heavy atom. The number of hydrogen-bond acceptors (Lipinski definition) is 4. The van der Waals surface area contributed by atoms with Crippen molar-refractivity contribution < 1.29 is 9.84 Å². The molecule has 0 unspecified atom stereocenters. The summed E-state index contributed by atoms with van der Waals surface area (Å²) in [7, 11) is 1.66. The lowest BCUT2D eigenvalue weighted by Gasteiger charge is -2.32. The minimum absolute atomic E-state index is 0.449. The molecule has 3 rings (SSSR count). The van der Waals surface area contributed by atoms with E-state index >= 15 is 0 Å². The summed E-state index contributed by atoms with van der Waals surface area (Å²) >= 11 is 0. The molecule has 1 aromatic carbocycles. The summed E-state index contributed by atoms with van der Waals surface area (Å²) in [5, 5.41) is 15.3. The number of hydrogen-bond donors (Lipinski definition) is 2. The zero-order chi connectivity index (χ0) is 16.9. The highest BCUT2D eigenvalue weighted by Gasteiger charge is 2.24. The van der Waals surface area contributed by atoms with Gasteiger partial charge in [0.15, 0.2) is 0 Å². The maximum atomic E-state index is 10.8. The van der Waals surface area contributed by atoms with Crippen LogP contribution in [-0.4, -0.2) is 30.3 Å². The number of benzene rings is 1. The number of rotatable bonds is 6. The van der Waals surface area contributed by atoms with Gasteiger partial charge in [0.05, 0.1) is 18.7 Å². The average molecular weight is 328 g/mol. The van der Waals surface area contributed by atoms with Gasteiger partial charge < -0.3 is 15.2 Å². The van der Waals surface area contributed by atoms with E-state index in [1.165, 1.54) is 12.8 Å². The molecule has 1 aliphatic heterocycles. The van der Waals surface area contributed by atoms with Crippen molar-refractivity contribution in [1.82, 2.24) is 10.3 Å². The zero-order valence-corrected chi connectivity index (χ0v) is 14.7. The molecule has 4 heteroatoms. The van der Waals surface area contributed by atoms with E-state index in [1.807, 2.05) is 24.3 Å². The third-order valence-corrected chi connectivity index (χ3v) is 5.44. The number of fused-ring (bicyclic) bond motifs is 1. The Kier molecular flexibility index (Phi) is 5.69. The van der Waals surface area contributed by atoms with Gasteiger partial charge >= 0.3 is 0 Å². The monoisotopic (exact) mass is 328 g/mol. The second kappa shape index (κ2) is 7.95. The van der Waals surface area contributed by atoms with Gasteiger partial charge in [0, 0.05) is 11.6 Å². The first-order valence-electron chi connectivity index (χ1n) is 9.04. The quantitative estimate of drug-likeness (QED) is 0.849. The summed E-state index contributed by atoms with van der Waals surface area (Å²) in [6, 6.07) is 7.77. The van der Waals surface area contributed by atoms with Crippen molar-refractivity contribution in [2.75, 3.05) is 20.2 Å². The van der Waals surface area contributed by atoms with E-state index in [9.17, 15) is 5.11 Å². The number of piperidine rings is 1. The molecule has 2 N–H and O–H groups in total. The van der Waals surface area contributed by atoms with Crippen LogP contribution in [0.1, 0.15) is 44.3 Å². The highest BCUT2D eigenvalue weighted by Crippen LogP contribution is 2.33. The van der Waals surface area contributed by atoms with Crippen LogP contribution in [0.15, 0.2) is 30.5 Å².